The molecule has 5 nitrogen and oxygen atoms in total. The lowest BCUT2D eigenvalue weighted by Crippen LogP contribution is -2.36. The van der Waals surface area contributed by atoms with Gasteiger partial charge in [-0.3, -0.25) is 9.59 Å². The van der Waals surface area contributed by atoms with Gasteiger partial charge in [0.05, 0.1) is 12.1 Å². The van der Waals surface area contributed by atoms with Gasteiger partial charge in [-0.05, 0) is 43.2 Å². The highest BCUT2D eigenvalue weighted by atomic mass is 19.4. The number of carbonyl (C=O) groups excluding carboxylic acids is 2. The predicted octanol–water partition coefficient (Wildman–Crippen LogP) is 3.46. The van der Waals surface area contributed by atoms with Crippen LogP contribution in [0.4, 0.5) is 18.9 Å². The Morgan fingerprint density at radius 3 is 2.26 bits per heavy atom. The Balaban J connectivity index is 1.82. The van der Waals surface area contributed by atoms with Gasteiger partial charge in [0.15, 0.2) is 6.61 Å². The van der Waals surface area contributed by atoms with Crippen LogP contribution in [0, 0.1) is 13.8 Å². The Morgan fingerprint density at radius 1 is 1.00 bits per heavy atom. The summed E-state index contributed by atoms with van der Waals surface area (Å²) in [5, 5.41) is 5.07. The number of benzene rings is 2. The van der Waals surface area contributed by atoms with Gasteiger partial charge in [0, 0.05) is 5.69 Å². The minimum Gasteiger partial charge on any atom is -0.484 e. The van der Waals surface area contributed by atoms with Gasteiger partial charge >= 0.3 is 6.18 Å². The molecule has 0 saturated heterocycles. The Hall–Kier alpha value is -3.03. The van der Waals surface area contributed by atoms with E-state index in [9.17, 15) is 22.8 Å². The third-order valence-electron chi connectivity index (χ3n) is 3.72. The molecule has 0 saturated carbocycles. The number of hydrogen-bond acceptors (Lipinski definition) is 3. The highest BCUT2D eigenvalue weighted by Crippen LogP contribution is 2.31. The van der Waals surface area contributed by atoms with Crippen molar-refractivity contribution in [2.24, 2.45) is 0 Å². The van der Waals surface area contributed by atoms with Crippen molar-refractivity contribution in [3.63, 3.8) is 0 Å². The van der Waals surface area contributed by atoms with Crippen molar-refractivity contribution in [3.8, 4) is 5.75 Å². The Morgan fingerprint density at radius 2 is 1.63 bits per heavy atom. The van der Waals surface area contributed by atoms with Crippen molar-refractivity contribution in [2.75, 3.05) is 18.5 Å². The number of alkyl halides is 3. The number of nitrogens with one attached hydrogen (secondary N) is 2. The maximum Gasteiger partial charge on any atom is 0.416 e. The van der Waals surface area contributed by atoms with E-state index in [1.165, 1.54) is 12.1 Å². The number of amides is 2. The van der Waals surface area contributed by atoms with Crippen LogP contribution in [0.5, 0.6) is 5.75 Å². The van der Waals surface area contributed by atoms with Crippen molar-refractivity contribution in [1.29, 1.82) is 0 Å². The van der Waals surface area contributed by atoms with Crippen LogP contribution in [0.1, 0.15) is 16.7 Å². The minimum atomic E-state index is -4.49. The fourth-order valence-corrected chi connectivity index (χ4v) is 2.34. The standard InChI is InChI=1S/C19H19F3N2O3/c1-12-5-3-6-13(2)18(12)24-16(25)10-23-17(26)11-27-15-8-4-7-14(9-15)19(20,21)22/h3-9H,10-11H2,1-2H3,(H,23,26)(H,24,25). The van der Waals surface area contributed by atoms with Gasteiger partial charge in [-0.15, -0.1) is 0 Å². The molecule has 0 spiro atoms. The third-order valence-corrected chi connectivity index (χ3v) is 3.72. The summed E-state index contributed by atoms with van der Waals surface area (Å²) < 4.78 is 42.9. The molecule has 0 aromatic heterocycles. The Labute approximate surface area is 154 Å². The quantitative estimate of drug-likeness (QED) is 0.807. The molecule has 2 amide bonds. The highest BCUT2D eigenvalue weighted by molar-refractivity contribution is 5.95. The lowest BCUT2D eigenvalue weighted by molar-refractivity contribution is -0.137. The van der Waals surface area contributed by atoms with Gasteiger partial charge in [-0.2, -0.15) is 13.2 Å². The summed E-state index contributed by atoms with van der Waals surface area (Å²) in [5.74, 6) is -1.12. The first-order valence-corrected chi connectivity index (χ1v) is 8.09. The van der Waals surface area contributed by atoms with Crippen molar-refractivity contribution < 1.29 is 27.5 Å². The van der Waals surface area contributed by atoms with Crippen molar-refractivity contribution >= 4 is 17.5 Å². The van der Waals surface area contributed by atoms with Gasteiger partial charge in [0.25, 0.3) is 5.91 Å². The molecule has 0 bridgehead atoms. The number of halogens is 3. The van der Waals surface area contributed by atoms with Gasteiger partial charge in [0.1, 0.15) is 5.75 Å². The smallest absolute Gasteiger partial charge is 0.416 e. The molecule has 0 aliphatic rings. The average Bonchev–Trinajstić information content (AvgIpc) is 2.61. The first kappa shape index (κ1) is 20.3. The van der Waals surface area contributed by atoms with Gasteiger partial charge in [-0.25, -0.2) is 0 Å². The SMILES string of the molecule is Cc1cccc(C)c1NC(=O)CNC(=O)COc1cccc(C(F)(F)F)c1. The average molecular weight is 380 g/mol. The molecule has 0 aliphatic heterocycles. The number of hydrogen-bond donors (Lipinski definition) is 2. The van der Waals surface area contributed by atoms with Gasteiger partial charge in [-0.1, -0.05) is 24.3 Å². The normalized spacial score (nSPS) is 11.0. The zero-order valence-electron chi connectivity index (χ0n) is 14.8. The van der Waals surface area contributed by atoms with Crippen LogP contribution in [-0.2, 0) is 15.8 Å². The van der Waals surface area contributed by atoms with Crippen molar-refractivity contribution in [3.05, 3.63) is 59.2 Å². The summed E-state index contributed by atoms with van der Waals surface area (Å²) in [4.78, 5) is 23.7. The Kier molecular flexibility index (Phi) is 6.44. The maximum absolute atomic E-state index is 12.6. The number of aryl methyl sites for hydroxylation is 2. The summed E-state index contributed by atoms with van der Waals surface area (Å²) in [5.41, 5.74) is 1.59. The number of rotatable bonds is 6. The zero-order valence-corrected chi connectivity index (χ0v) is 14.8. The van der Waals surface area contributed by atoms with Crippen LogP contribution in [0.15, 0.2) is 42.5 Å². The number of carbonyl (C=O) groups is 2. The maximum atomic E-state index is 12.6. The van der Waals surface area contributed by atoms with E-state index in [0.29, 0.717) is 5.69 Å². The zero-order chi connectivity index (χ0) is 20.0. The van der Waals surface area contributed by atoms with E-state index in [2.05, 4.69) is 10.6 Å². The van der Waals surface area contributed by atoms with Crippen LogP contribution in [-0.4, -0.2) is 25.0 Å². The lowest BCUT2D eigenvalue weighted by Gasteiger charge is -2.12. The molecule has 2 aromatic rings. The minimum absolute atomic E-state index is 0.0834. The molecule has 2 rings (SSSR count). The molecule has 0 heterocycles. The molecule has 144 valence electrons. The van der Waals surface area contributed by atoms with Crippen LogP contribution < -0.4 is 15.4 Å². The van der Waals surface area contributed by atoms with E-state index >= 15 is 0 Å². The summed E-state index contributed by atoms with van der Waals surface area (Å²) in [6, 6.07) is 9.79. The molecule has 0 unspecified atom stereocenters. The molecule has 2 N–H and O–H groups in total. The van der Waals surface area contributed by atoms with Crippen LogP contribution >= 0.6 is 0 Å². The van der Waals surface area contributed by atoms with Crippen LogP contribution in [0.2, 0.25) is 0 Å². The van der Waals surface area contributed by atoms with E-state index in [1.54, 1.807) is 0 Å². The predicted molar refractivity (Wildman–Crippen MR) is 94.5 cm³/mol. The molecule has 0 aliphatic carbocycles. The van der Waals surface area contributed by atoms with Crippen molar-refractivity contribution in [1.82, 2.24) is 5.32 Å². The van der Waals surface area contributed by atoms with Crippen LogP contribution in [0.25, 0.3) is 0 Å². The fraction of sp³-hybridized carbons (Fsp3) is 0.263. The molecule has 2 aromatic carbocycles. The van der Waals surface area contributed by atoms with E-state index < -0.39 is 30.2 Å². The van der Waals surface area contributed by atoms with Gasteiger partial charge in [0.2, 0.25) is 5.91 Å². The van der Waals surface area contributed by atoms with E-state index in [-0.39, 0.29) is 12.3 Å². The third kappa shape index (κ3) is 6.02. The molecule has 0 fully saturated rings. The van der Waals surface area contributed by atoms with E-state index in [0.717, 1.165) is 23.3 Å². The summed E-state index contributed by atoms with van der Waals surface area (Å²) in [6.45, 7) is 2.92. The fourth-order valence-electron chi connectivity index (χ4n) is 2.34. The van der Waals surface area contributed by atoms with E-state index in [4.69, 9.17) is 4.74 Å². The van der Waals surface area contributed by atoms with E-state index in [1.807, 2.05) is 32.0 Å². The molecule has 27 heavy (non-hydrogen) atoms. The largest absolute Gasteiger partial charge is 0.484 e. The lowest BCUT2D eigenvalue weighted by atomic mass is 10.1. The second-order valence-electron chi connectivity index (χ2n) is 5.91. The molecular formula is C19H19F3N2O3. The van der Waals surface area contributed by atoms with Crippen LogP contribution in [0.3, 0.4) is 0 Å². The number of ether oxygens (including phenoxy) is 1. The van der Waals surface area contributed by atoms with Gasteiger partial charge < -0.3 is 15.4 Å². The molecule has 0 atom stereocenters. The first-order valence-electron chi connectivity index (χ1n) is 8.09. The number of anilines is 1. The Bertz CT molecular complexity index is 815. The summed E-state index contributed by atoms with van der Waals surface area (Å²) >= 11 is 0. The molecular weight excluding hydrogens is 361 g/mol. The monoisotopic (exact) mass is 380 g/mol. The molecule has 8 heteroatoms. The second kappa shape index (κ2) is 8.57. The highest BCUT2D eigenvalue weighted by Gasteiger charge is 2.30. The topological polar surface area (TPSA) is 67.4 Å². The first-order chi connectivity index (χ1) is 12.7. The molecule has 0 radical (unpaired) electrons. The second-order valence-corrected chi connectivity index (χ2v) is 5.91. The summed E-state index contributed by atoms with van der Waals surface area (Å²) in [7, 11) is 0. The number of para-hydroxylation sites is 1. The van der Waals surface area contributed by atoms with Crippen molar-refractivity contribution in [2.45, 2.75) is 20.0 Å². The summed E-state index contributed by atoms with van der Waals surface area (Å²) in [6.07, 6.45) is -4.49.